The molecule has 0 spiro atoms. The third kappa shape index (κ3) is 3.11. The van der Waals surface area contributed by atoms with Gasteiger partial charge in [-0.2, -0.15) is 5.10 Å². The molecule has 2 aromatic heterocycles. The van der Waals surface area contributed by atoms with Gasteiger partial charge in [-0.3, -0.25) is 4.79 Å². The molecule has 0 aromatic carbocycles. The van der Waals surface area contributed by atoms with E-state index in [2.05, 4.69) is 25.5 Å². The molecular weight excluding hydrogens is 242 g/mol. The molecule has 0 fully saturated rings. The molecule has 0 aliphatic heterocycles. The highest BCUT2D eigenvalue weighted by molar-refractivity contribution is 7.11. The molecule has 7 nitrogen and oxygen atoms in total. The first-order valence-corrected chi connectivity index (χ1v) is 5.56. The Hall–Kier alpha value is -2.22. The fourth-order valence-electron chi connectivity index (χ4n) is 1.06. The molecule has 0 bridgehead atoms. The summed E-state index contributed by atoms with van der Waals surface area (Å²) in [7, 11) is 0. The molecule has 0 aliphatic rings. The first kappa shape index (κ1) is 11.3. The Kier molecular flexibility index (Phi) is 3.46. The number of rotatable bonds is 4. The maximum Gasteiger partial charge on any atom is 0.246 e. The average molecular weight is 251 g/mol. The van der Waals surface area contributed by atoms with Crippen LogP contribution in [-0.2, 0) is 11.2 Å². The van der Waals surface area contributed by atoms with E-state index in [9.17, 15) is 4.79 Å². The zero-order chi connectivity index (χ0) is 12.1. The second-order valence-corrected chi connectivity index (χ2v) is 4.06. The topological polar surface area (TPSA) is 106 Å². The largest absolute Gasteiger partial charge is 0.379 e. The highest BCUT2D eigenvalue weighted by atomic mass is 32.1. The van der Waals surface area contributed by atoms with Crippen LogP contribution >= 0.6 is 11.3 Å². The van der Waals surface area contributed by atoms with Gasteiger partial charge in [0.2, 0.25) is 5.91 Å². The van der Waals surface area contributed by atoms with Crippen molar-refractivity contribution >= 4 is 29.3 Å². The van der Waals surface area contributed by atoms with Gasteiger partial charge in [-0.1, -0.05) is 11.2 Å². The van der Waals surface area contributed by atoms with E-state index in [0.717, 1.165) is 4.88 Å². The summed E-state index contributed by atoms with van der Waals surface area (Å²) in [4.78, 5) is 12.4. The van der Waals surface area contributed by atoms with Gasteiger partial charge in [-0.25, -0.2) is 10.1 Å². The van der Waals surface area contributed by atoms with Crippen molar-refractivity contribution in [1.82, 2.24) is 15.7 Å². The molecule has 0 atom stereocenters. The van der Waals surface area contributed by atoms with E-state index in [-0.39, 0.29) is 18.1 Å². The van der Waals surface area contributed by atoms with Gasteiger partial charge in [0.05, 0.1) is 12.6 Å². The lowest BCUT2D eigenvalue weighted by molar-refractivity contribution is -0.120. The average Bonchev–Trinajstić information content (AvgIpc) is 2.92. The van der Waals surface area contributed by atoms with Gasteiger partial charge < -0.3 is 5.73 Å². The number of nitrogen functional groups attached to an aromatic ring is 1. The number of hydrogen-bond acceptors (Lipinski definition) is 7. The van der Waals surface area contributed by atoms with Crippen molar-refractivity contribution in [2.75, 3.05) is 5.73 Å². The zero-order valence-electron chi connectivity index (χ0n) is 8.66. The SMILES string of the molecule is Nc1nonc1CC(=O)N/N=C/c1cccs1. The summed E-state index contributed by atoms with van der Waals surface area (Å²) in [6.07, 6.45) is 1.55. The summed E-state index contributed by atoms with van der Waals surface area (Å²) in [6, 6.07) is 3.79. The minimum absolute atomic E-state index is 0.0168. The van der Waals surface area contributed by atoms with Crippen molar-refractivity contribution in [3.8, 4) is 0 Å². The summed E-state index contributed by atoms with van der Waals surface area (Å²) < 4.78 is 4.37. The van der Waals surface area contributed by atoms with Crippen LogP contribution in [0, 0.1) is 0 Å². The van der Waals surface area contributed by atoms with E-state index in [4.69, 9.17) is 5.73 Å². The molecule has 17 heavy (non-hydrogen) atoms. The zero-order valence-corrected chi connectivity index (χ0v) is 9.48. The van der Waals surface area contributed by atoms with E-state index >= 15 is 0 Å². The molecule has 0 aliphatic carbocycles. The molecule has 0 saturated carbocycles. The van der Waals surface area contributed by atoms with Crippen LogP contribution in [0.5, 0.6) is 0 Å². The first-order chi connectivity index (χ1) is 8.25. The quantitative estimate of drug-likeness (QED) is 0.604. The van der Waals surface area contributed by atoms with Crippen LogP contribution in [-0.4, -0.2) is 22.4 Å². The lowest BCUT2D eigenvalue weighted by Gasteiger charge is -1.95. The van der Waals surface area contributed by atoms with Gasteiger partial charge in [0.1, 0.15) is 5.69 Å². The summed E-state index contributed by atoms with van der Waals surface area (Å²) in [5.41, 5.74) is 8.07. The van der Waals surface area contributed by atoms with E-state index < -0.39 is 0 Å². The van der Waals surface area contributed by atoms with Crippen molar-refractivity contribution < 1.29 is 9.42 Å². The number of carbonyl (C=O) groups is 1. The van der Waals surface area contributed by atoms with Crippen LogP contribution in [0.15, 0.2) is 27.2 Å². The van der Waals surface area contributed by atoms with Crippen molar-refractivity contribution in [2.45, 2.75) is 6.42 Å². The van der Waals surface area contributed by atoms with Crippen molar-refractivity contribution in [3.05, 3.63) is 28.1 Å². The lowest BCUT2D eigenvalue weighted by Crippen LogP contribution is -2.20. The van der Waals surface area contributed by atoms with E-state index in [0.29, 0.717) is 5.69 Å². The molecule has 2 aromatic rings. The van der Waals surface area contributed by atoms with E-state index in [1.54, 1.807) is 6.21 Å². The summed E-state index contributed by atoms with van der Waals surface area (Å²) >= 11 is 1.52. The molecule has 2 heterocycles. The number of amides is 1. The van der Waals surface area contributed by atoms with Crippen molar-refractivity contribution in [3.63, 3.8) is 0 Å². The van der Waals surface area contributed by atoms with Gasteiger partial charge in [-0.15, -0.1) is 11.3 Å². The van der Waals surface area contributed by atoms with E-state index in [1.165, 1.54) is 11.3 Å². The number of hydrazone groups is 1. The van der Waals surface area contributed by atoms with E-state index in [1.807, 2.05) is 17.5 Å². The van der Waals surface area contributed by atoms with Crippen molar-refractivity contribution in [2.24, 2.45) is 5.10 Å². The summed E-state index contributed by atoms with van der Waals surface area (Å²) in [5.74, 6) is -0.220. The second kappa shape index (κ2) is 5.21. The molecule has 0 saturated heterocycles. The normalized spacial score (nSPS) is 10.8. The van der Waals surface area contributed by atoms with Gasteiger partial charge in [-0.05, 0) is 16.6 Å². The molecule has 3 N–H and O–H groups in total. The Bertz CT molecular complexity index is 519. The molecule has 8 heteroatoms. The van der Waals surface area contributed by atoms with Gasteiger partial charge in [0.15, 0.2) is 5.82 Å². The molecule has 88 valence electrons. The molecular formula is C9H9N5O2S. The van der Waals surface area contributed by atoms with Crippen LogP contribution in [0.4, 0.5) is 5.82 Å². The highest BCUT2D eigenvalue weighted by Gasteiger charge is 2.10. The van der Waals surface area contributed by atoms with Crippen molar-refractivity contribution in [1.29, 1.82) is 0 Å². The number of aromatic nitrogens is 2. The maximum absolute atomic E-state index is 11.4. The lowest BCUT2D eigenvalue weighted by atomic mass is 10.3. The third-order valence-corrected chi connectivity index (χ3v) is 2.64. The van der Waals surface area contributed by atoms with Crippen LogP contribution in [0.3, 0.4) is 0 Å². The van der Waals surface area contributed by atoms with Gasteiger partial charge in [0.25, 0.3) is 0 Å². The Morgan fingerprint density at radius 1 is 1.65 bits per heavy atom. The number of carbonyl (C=O) groups excluding carboxylic acids is 1. The Morgan fingerprint density at radius 2 is 2.53 bits per heavy atom. The molecule has 0 unspecified atom stereocenters. The summed E-state index contributed by atoms with van der Waals surface area (Å²) in [6.45, 7) is 0. The fourth-order valence-corrected chi connectivity index (χ4v) is 1.65. The number of thiophene rings is 1. The third-order valence-electron chi connectivity index (χ3n) is 1.84. The number of anilines is 1. The standard InChI is InChI=1S/C9H9N5O2S/c10-9-7(13-16-14-9)4-8(15)12-11-5-6-2-1-3-17-6/h1-3,5H,4H2,(H2,10,14)(H,12,15)/b11-5+. The fraction of sp³-hybridized carbons (Fsp3) is 0.111. The minimum Gasteiger partial charge on any atom is -0.379 e. The predicted octanol–water partition coefficient (Wildman–Crippen LogP) is 0.406. The molecule has 1 amide bonds. The second-order valence-electron chi connectivity index (χ2n) is 3.08. The number of hydrogen-bond donors (Lipinski definition) is 2. The number of nitrogens with one attached hydrogen (secondary N) is 1. The van der Waals surface area contributed by atoms with Crippen LogP contribution in [0.2, 0.25) is 0 Å². The monoisotopic (exact) mass is 251 g/mol. The van der Waals surface area contributed by atoms with Gasteiger partial charge in [0, 0.05) is 4.88 Å². The maximum atomic E-state index is 11.4. The smallest absolute Gasteiger partial charge is 0.246 e. The molecule has 2 rings (SSSR count). The Balaban J connectivity index is 1.84. The Labute approximate surface area is 100 Å². The number of nitrogens with two attached hydrogens (primary N) is 1. The number of nitrogens with zero attached hydrogens (tertiary/aromatic N) is 3. The Morgan fingerprint density at radius 3 is 3.18 bits per heavy atom. The van der Waals surface area contributed by atoms with Gasteiger partial charge >= 0.3 is 0 Å². The van der Waals surface area contributed by atoms with Crippen LogP contribution in [0.1, 0.15) is 10.6 Å². The van der Waals surface area contributed by atoms with Crippen LogP contribution in [0.25, 0.3) is 0 Å². The first-order valence-electron chi connectivity index (χ1n) is 4.68. The highest BCUT2D eigenvalue weighted by Crippen LogP contribution is 2.05. The van der Waals surface area contributed by atoms with Crippen LogP contribution < -0.4 is 11.2 Å². The minimum atomic E-state index is -0.333. The molecule has 0 radical (unpaired) electrons. The summed E-state index contributed by atoms with van der Waals surface area (Å²) in [5, 5.41) is 12.6. The predicted molar refractivity (Wildman–Crippen MR) is 62.5 cm³/mol.